The molecule has 1 atom stereocenters. The highest BCUT2D eigenvalue weighted by molar-refractivity contribution is 6.11. The summed E-state index contributed by atoms with van der Waals surface area (Å²) in [5, 5.41) is 0.826. The van der Waals surface area contributed by atoms with Crippen LogP contribution in [0.25, 0.3) is 10.9 Å². The summed E-state index contributed by atoms with van der Waals surface area (Å²) in [7, 11) is 0. The van der Waals surface area contributed by atoms with Gasteiger partial charge in [-0.05, 0) is 39.0 Å². The van der Waals surface area contributed by atoms with Crippen molar-refractivity contribution in [1.29, 1.82) is 0 Å². The highest BCUT2D eigenvalue weighted by atomic mass is 16.5. The quantitative estimate of drug-likeness (QED) is 0.531. The number of H-pyrrole nitrogens is 1. The third-order valence-electron chi connectivity index (χ3n) is 4.20. The number of esters is 1. The zero-order valence-corrected chi connectivity index (χ0v) is 15.0. The first kappa shape index (κ1) is 17.7. The number of hydrogen-bond donors (Lipinski definition) is 1. The topological polar surface area (TPSA) is 68.4 Å². The Hall–Kier alpha value is -3.08. The zero-order chi connectivity index (χ0) is 18.7. The van der Waals surface area contributed by atoms with Gasteiger partial charge in [-0.1, -0.05) is 30.3 Å². The Morgan fingerprint density at radius 2 is 1.77 bits per heavy atom. The molecular weight excluding hydrogens is 330 g/mol. The lowest BCUT2D eigenvalue weighted by molar-refractivity contribution is 0.0315. The second kappa shape index (κ2) is 7.44. The number of fused-ring (bicyclic) bond motifs is 1. The Labute approximate surface area is 151 Å². The molecule has 1 N–H and O–H groups in total. The molecule has 3 aromatic rings. The van der Waals surface area contributed by atoms with Gasteiger partial charge in [0.25, 0.3) is 0 Å². The van der Waals surface area contributed by atoms with E-state index in [2.05, 4.69) is 4.98 Å². The van der Waals surface area contributed by atoms with Crippen LogP contribution in [0.5, 0.6) is 5.75 Å². The number of carbonyl (C=O) groups excluding carboxylic acids is 2. The fourth-order valence-electron chi connectivity index (χ4n) is 2.99. The molecule has 0 aliphatic heterocycles. The number of para-hydroxylation sites is 2. The minimum absolute atomic E-state index is 0.234. The number of ether oxygens (including phenoxy) is 2. The molecule has 0 aliphatic carbocycles. The van der Waals surface area contributed by atoms with E-state index in [0.717, 1.165) is 16.6 Å². The molecule has 0 saturated heterocycles. The van der Waals surface area contributed by atoms with Gasteiger partial charge in [0.15, 0.2) is 6.10 Å². The van der Waals surface area contributed by atoms with E-state index >= 15 is 0 Å². The van der Waals surface area contributed by atoms with Crippen molar-refractivity contribution in [2.24, 2.45) is 0 Å². The molecule has 1 heterocycles. The number of benzene rings is 2. The average Bonchev–Trinajstić information content (AvgIpc) is 2.97. The molecule has 0 fully saturated rings. The molecule has 0 unspecified atom stereocenters. The van der Waals surface area contributed by atoms with E-state index in [4.69, 9.17) is 9.47 Å². The zero-order valence-electron chi connectivity index (χ0n) is 15.0. The lowest BCUT2D eigenvalue weighted by Gasteiger charge is -2.14. The van der Waals surface area contributed by atoms with Crippen molar-refractivity contribution in [2.75, 3.05) is 6.61 Å². The Bertz CT molecular complexity index is 958. The third kappa shape index (κ3) is 3.33. The number of aromatic amines is 1. The van der Waals surface area contributed by atoms with E-state index < -0.39 is 12.1 Å². The van der Waals surface area contributed by atoms with Crippen molar-refractivity contribution in [3.8, 4) is 5.75 Å². The van der Waals surface area contributed by atoms with E-state index in [1.807, 2.05) is 38.1 Å². The highest BCUT2D eigenvalue weighted by Crippen LogP contribution is 2.25. The van der Waals surface area contributed by atoms with Crippen LogP contribution in [-0.4, -0.2) is 29.4 Å². The highest BCUT2D eigenvalue weighted by Gasteiger charge is 2.25. The van der Waals surface area contributed by atoms with Crippen molar-refractivity contribution < 1.29 is 19.1 Å². The molecule has 0 saturated carbocycles. The van der Waals surface area contributed by atoms with Crippen molar-refractivity contribution in [1.82, 2.24) is 4.98 Å². The van der Waals surface area contributed by atoms with Crippen LogP contribution < -0.4 is 4.74 Å². The second-order valence-electron chi connectivity index (χ2n) is 6.01. The first-order chi connectivity index (χ1) is 12.5. The Morgan fingerprint density at radius 3 is 2.54 bits per heavy atom. The van der Waals surface area contributed by atoms with Crippen LogP contribution in [0.1, 0.15) is 40.3 Å². The van der Waals surface area contributed by atoms with E-state index in [0.29, 0.717) is 23.5 Å². The van der Waals surface area contributed by atoms with E-state index in [9.17, 15) is 9.59 Å². The summed E-state index contributed by atoms with van der Waals surface area (Å²) in [4.78, 5) is 28.6. The van der Waals surface area contributed by atoms with Gasteiger partial charge in [0.1, 0.15) is 11.3 Å². The number of hydrogen-bond acceptors (Lipinski definition) is 4. The van der Waals surface area contributed by atoms with Gasteiger partial charge in [0.2, 0.25) is 5.78 Å². The second-order valence-corrected chi connectivity index (χ2v) is 6.01. The van der Waals surface area contributed by atoms with Crippen molar-refractivity contribution in [3.05, 3.63) is 65.4 Å². The summed E-state index contributed by atoms with van der Waals surface area (Å²) in [6.07, 6.45) is -0.907. The number of ketones is 1. The van der Waals surface area contributed by atoms with Gasteiger partial charge >= 0.3 is 5.97 Å². The molecule has 5 nitrogen and oxygen atoms in total. The molecule has 0 radical (unpaired) electrons. The summed E-state index contributed by atoms with van der Waals surface area (Å²) in [6.45, 7) is 5.71. The molecule has 0 aliphatic rings. The lowest BCUT2D eigenvalue weighted by Crippen LogP contribution is -2.25. The minimum Gasteiger partial charge on any atom is -0.493 e. The molecular formula is C21H21NO4. The van der Waals surface area contributed by atoms with Gasteiger partial charge in [-0.3, -0.25) is 4.79 Å². The average molecular weight is 351 g/mol. The minimum atomic E-state index is -0.907. The first-order valence-corrected chi connectivity index (χ1v) is 8.57. The SMILES string of the molecule is CCOc1ccccc1C(=O)O[C@H](C)C(=O)c1c(C)[nH]c2ccccc12. The van der Waals surface area contributed by atoms with Gasteiger partial charge in [0, 0.05) is 22.2 Å². The van der Waals surface area contributed by atoms with Crippen LogP contribution >= 0.6 is 0 Å². The van der Waals surface area contributed by atoms with Crippen molar-refractivity contribution in [3.63, 3.8) is 0 Å². The van der Waals surface area contributed by atoms with Crippen molar-refractivity contribution in [2.45, 2.75) is 26.9 Å². The summed E-state index contributed by atoms with van der Waals surface area (Å²) in [5.41, 5.74) is 2.51. The Balaban J connectivity index is 1.83. The van der Waals surface area contributed by atoms with Crippen LogP contribution in [0.3, 0.4) is 0 Å². The van der Waals surface area contributed by atoms with Crippen LogP contribution in [-0.2, 0) is 4.74 Å². The van der Waals surface area contributed by atoms with Crippen LogP contribution in [0.15, 0.2) is 48.5 Å². The van der Waals surface area contributed by atoms with Gasteiger partial charge < -0.3 is 14.5 Å². The standard InChI is InChI=1S/C21H21NO4/c1-4-25-18-12-8-6-10-16(18)21(24)26-14(3)20(23)19-13(2)22-17-11-7-5-9-15(17)19/h5-12,14,22H,4H2,1-3H3/t14-/m1/s1. The maximum atomic E-state index is 12.9. The molecule has 0 spiro atoms. The maximum Gasteiger partial charge on any atom is 0.342 e. The molecule has 2 aromatic carbocycles. The molecule has 5 heteroatoms. The molecule has 0 bridgehead atoms. The van der Waals surface area contributed by atoms with Gasteiger partial charge in [-0.15, -0.1) is 0 Å². The fraction of sp³-hybridized carbons (Fsp3) is 0.238. The predicted octanol–water partition coefficient (Wildman–Crippen LogP) is 4.30. The number of rotatable bonds is 6. The van der Waals surface area contributed by atoms with E-state index in [-0.39, 0.29) is 5.78 Å². The smallest absolute Gasteiger partial charge is 0.342 e. The van der Waals surface area contributed by atoms with E-state index in [1.165, 1.54) is 0 Å². The maximum absolute atomic E-state index is 12.9. The molecule has 3 rings (SSSR count). The molecule has 134 valence electrons. The monoisotopic (exact) mass is 351 g/mol. The summed E-state index contributed by atoms with van der Waals surface area (Å²) in [5.74, 6) is -0.363. The Morgan fingerprint density at radius 1 is 1.08 bits per heavy atom. The number of nitrogens with one attached hydrogen (secondary N) is 1. The molecule has 0 amide bonds. The molecule has 1 aromatic heterocycles. The van der Waals surface area contributed by atoms with Gasteiger partial charge in [-0.2, -0.15) is 0 Å². The number of carbonyl (C=O) groups is 2. The number of Topliss-reactive ketones (excluding diaryl/α,β-unsaturated/α-hetero) is 1. The van der Waals surface area contributed by atoms with Crippen LogP contribution in [0.4, 0.5) is 0 Å². The number of aromatic nitrogens is 1. The summed E-state index contributed by atoms with van der Waals surface area (Å²) in [6, 6.07) is 14.4. The normalized spacial score (nSPS) is 12.0. The predicted molar refractivity (Wildman–Crippen MR) is 99.9 cm³/mol. The summed E-state index contributed by atoms with van der Waals surface area (Å²) < 4.78 is 10.9. The van der Waals surface area contributed by atoms with Crippen LogP contribution in [0.2, 0.25) is 0 Å². The van der Waals surface area contributed by atoms with Crippen LogP contribution in [0, 0.1) is 6.92 Å². The first-order valence-electron chi connectivity index (χ1n) is 8.57. The number of aryl methyl sites for hydroxylation is 1. The lowest BCUT2D eigenvalue weighted by atomic mass is 10.0. The Kier molecular flexibility index (Phi) is 5.07. The summed E-state index contributed by atoms with van der Waals surface area (Å²) >= 11 is 0. The van der Waals surface area contributed by atoms with Gasteiger partial charge in [-0.25, -0.2) is 4.79 Å². The largest absolute Gasteiger partial charge is 0.493 e. The fourth-order valence-corrected chi connectivity index (χ4v) is 2.99. The van der Waals surface area contributed by atoms with Gasteiger partial charge in [0.05, 0.1) is 6.61 Å². The molecule has 26 heavy (non-hydrogen) atoms. The third-order valence-corrected chi connectivity index (χ3v) is 4.20. The van der Waals surface area contributed by atoms with Crippen molar-refractivity contribution >= 4 is 22.7 Å². The van der Waals surface area contributed by atoms with E-state index in [1.54, 1.807) is 31.2 Å².